The molecule has 0 aromatic heterocycles. The third-order valence-corrected chi connectivity index (χ3v) is 2.80. The Hall–Kier alpha value is -1.49. The van der Waals surface area contributed by atoms with Crippen molar-refractivity contribution in [3.63, 3.8) is 0 Å². The number of methoxy groups -OCH3 is 1. The summed E-state index contributed by atoms with van der Waals surface area (Å²) in [5.41, 5.74) is -0.499. The molecular formula is C12H12F2O3. The molecule has 17 heavy (non-hydrogen) atoms. The van der Waals surface area contributed by atoms with Gasteiger partial charge in [0.2, 0.25) is 0 Å². The van der Waals surface area contributed by atoms with Gasteiger partial charge in [0.25, 0.3) is 0 Å². The van der Waals surface area contributed by atoms with E-state index in [2.05, 4.69) is 0 Å². The average Bonchev–Trinajstić information content (AvgIpc) is 2.81. The van der Waals surface area contributed by atoms with Gasteiger partial charge in [-0.25, -0.2) is 8.78 Å². The van der Waals surface area contributed by atoms with Crippen LogP contribution in [0.5, 0.6) is 5.75 Å². The predicted molar refractivity (Wildman–Crippen MR) is 56.2 cm³/mol. The number of hydrogen-bond acceptors (Lipinski definition) is 3. The first-order valence-electron chi connectivity index (χ1n) is 5.28. The zero-order valence-corrected chi connectivity index (χ0v) is 9.33. The van der Waals surface area contributed by atoms with E-state index in [1.54, 1.807) is 0 Å². The molecule has 0 spiro atoms. The van der Waals surface area contributed by atoms with E-state index in [0.717, 1.165) is 12.1 Å². The second kappa shape index (κ2) is 4.79. The molecule has 5 heteroatoms. The van der Waals surface area contributed by atoms with E-state index in [4.69, 9.17) is 9.47 Å². The molecule has 0 N–H and O–H groups in total. The molecule has 1 unspecified atom stereocenters. The standard InChI is InChI=1S/C12H12F2O3/c1-16-8-4-9(13)11(10(14)5-8)12(15)7-2-3-17-6-7/h4-5,7H,2-3,6H2,1H3. The molecule has 0 bridgehead atoms. The molecule has 1 heterocycles. The van der Waals surface area contributed by atoms with Crippen molar-refractivity contribution < 1.29 is 23.0 Å². The molecule has 1 fully saturated rings. The second-order valence-corrected chi connectivity index (χ2v) is 3.89. The summed E-state index contributed by atoms with van der Waals surface area (Å²) in [4.78, 5) is 11.9. The van der Waals surface area contributed by atoms with Crippen LogP contribution in [0.1, 0.15) is 16.8 Å². The summed E-state index contributed by atoms with van der Waals surface area (Å²) in [5.74, 6) is -2.72. The number of benzene rings is 1. The van der Waals surface area contributed by atoms with Crippen LogP contribution in [0.15, 0.2) is 12.1 Å². The maximum atomic E-state index is 13.6. The Morgan fingerprint density at radius 2 is 2.06 bits per heavy atom. The number of rotatable bonds is 3. The highest BCUT2D eigenvalue weighted by Crippen LogP contribution is 2.25. The summed E-state index contributed by atoms with van der Waals surface area (Å²) in [7, 11) is 1.31. The fourth-order valence-corrected chi connectivity index (χ4v) is 1.85. The van der Waals surface area contributed by atoms with E-state index in [1.165, 1.54) is 7.11 Å². The third kappa shape index (κ3) is 2.29. The van der Waals surface area contributed by atoms with Crippen molar-refractivity contribution in [3.05, 3.63) is 29.3 Å². The Morgan fingerprint density at radius 1 is 1.41 bits per heavy atom. The van der Waals surface area contributed by atoms with Crippen LogP contribution < -0.4 is 4.74 Å². The van der Waals surface area contributed by atoms with Gasteiger partial charge >= 0.3 is 0 Å². The van der Waals surface area contributed by atoms with Crippen LogP contribution in [-0.2, 0) is 4.74 Å². The maximum Gasteiger partial charge on any atom is 0.174 e. The number of hydrogen-bond donors (Lipinski definition) is 0. The van der Waals surface area contributed by atoms with Crippen LogP contribution in [0.3, 0.4) is 0 Å². The molecule has 0 aliphatic carbocycles. The van der Waals surface area contributed by atoms with E-state index in [0.29, 0.717) is 13.0 Å². The summed E-state index contributed by atoms with van der Waals surface area (Å²) in [6, 6.07) is 2.01. The summed E-state index contributed by atoms with van der Waals surface area (Å²) >= 11 is 0. The normalized spacial score (nSPS) is 19.4. The molecule has 1 saturated heterocycles. The molecule has 2 rings (SSSR count). The minimum Gasteiger partial charge on any atom is -0.497 e. The lowest BCUT2D eigenvalue weighted by Gasteiger charge is -2.10. The predicted octanol–water partition coefficient (Wildman–Crippen LogP) is 2.19. The van der Waals surface area contributed by atoms with Crippen molar-refractivity contribution in [1.82, 2.24) is 0 Å². The minimum atomic E-state index is -0.890. The van der Waals surface area contributed by atoms with Crippen molar-refractivity contribution in [3.8, 4) is 5.75 Å². The SMILES string of the molecule is COc1cc(F)c(C(=O)C2CCOC2)c(F)c1. The van der Waals surface area contributed by atoms with Crippen molar-refractivity contribution in [2.24, 2.45) is 5.92 Å². The number of carbonyl (C=O) groups excluding carboxylic acids is 1. The van der Waals surface area contributed by atoms with Crippen LogP contribution >= 0.6 is 0 Å². The Balaban J connectivity index is 2.34. The fraction of sp³-hybridized carbons (Fsp3) is 0.417. The number of ketones is 1. The van der Waals surface area contributed by atoms with Gasteiger partial charge in [0.15, 0.2) is 5.78 Å². The smallest absolute Gasteiger partial charge is 0.174 e. The number of halogens is 2. The Bertz CT molecular complexity index is 416. The number of ether oxygens (including phenoxy) is 2. The average molecular weight is 242 g/mol. The van der Waals surface area contributed by atoms with Crippen LogP contribution in [-0.4, -0.2) is 26.1 Å². The van der Waals surface area contributed by atoms with Gasteiger partial charge in [-0.05, 0) is 6.42 Å². The molecule has 1 aromatic rings. The first kappa shape index (κ1) is 12.0. The van der Waals surface area contributed by atoms with Gasteiger partial charge in [-0.3, -0.25) is 4.79 Å². The molecule has 1 aliphatic heterocycles. The first-order chi connectivity index (χ1) is 8.13. The van der Waals surface area contributed by atoms with E-state index in [-0.39, 0.29) is 12.4 Å². The minimum absolute atomic E-state index is 0.0548. The highest BCUT2D eigenvalue weighted by atomic mass is 19.1. The molecule has 0 amide bonds. The van der Waals surface area contributed by atoms with E-state index in [1.807, 2.05) is 0 Å². The van der Waals surface area contributed by atoms with Crippen LogP contribution in [0, 0.1) is 17.6 Å². The van der Waals surface area contributed by atoms with Gasteiger partial charge in [-0.1, -0.05) is 0 Å². The van der Waals surface area contributed by atoms with Gasteiger partial charge in [0, 0.05) is 24.7 Å². The van der Waals surface area contributed by atoms with E-state index < -0.39 is 28.9 Å². The third-order valence-electron chi connectivity index (χ3n) is 2.80. The fourth-order valence-electron chi connectivity index (χ4n) is 1.85. The maximum absolute atomic E-state index is 13.6. The summed E-state index contributed by atoms with van der Waals surface area (Å²) in [6.07, 6.45) is 0.504. The quantitative estimate of drug-likeness (QED) is 0.762. The molecule has 1 atom stereocenters. The Morgan fingerprint density at radius 3 is 2.53 bits per heavy atom. The second-order valence-electron chi connectivity index (χ2n) is 3.89. The molecule has 3 nitrogen and oxygen atoms in total. The first-order valence-corrected chi connectivity index (χ1v) is 5.28. The zero-order valence-electron chi connectivity index (χ0n) is 9.33. The Labute approximate surface area is 97.3 Å². The van der Waals surface area contributed by atoms with Crippen LogP contribution in [0.4, 0.5) is 8.78 Å². The molecule has 1 aromatic carbocycles. The molecular weight excluding hydrogens is 230 g/mol. The van der Waals surface area contributed by atoms with Crippen molar-refractivity contribution in [2.75, 3.05) is 20.3 Å². The largest absolute Gasteiger partial charge is 0.497 e. The van der Waals surface area contributed by atoms with Crippen LogP contribution in [0.2, 0.25) is 0 Å². The Kier molecular flexibility index (Phi) is 3.38. The van der Waals surface area contributed by atoms with Gasteiger partial charge in [0.05, 0.1) is 19.3 Å². The van der Waals surface area contributed by atoms with Crippen molar-refractivity contribution in [2.45, 2.75) is 6.42 Å². The van der Waals surface area contributed by atoms with Gasteiger partial charge < -0.3 is 9.47 Å². The number of carbonyl (C=O) groups is 1. The zero-order chi connectivity index (χ0) is 12.4. The van der Waals surface area contributed by atoms with Crippen molar-refractivity contribution >= 4 is 5.78 Å². The molecule has 1 aliphatic rings. The summed E-state index contributed by atoms with van der Waals surface area (Å²) in [6.45, 7) is 0.680. The lowest BCUT2D eigenvalue weighted by Crippen LogP contribution is -2.18. The molecule has 0 radical (unpaired) electrons. The van der Waals surface area contributed by atoms with Gasteiger partial charge in [-0.15, -0.1) is 0 Å². The van der Waals surface area contributed by atoms with Crippen molar-refractivity contribution in [1.29, 1.82) is 0 Å². The number of Topliss-reactive ketones (excluding diaryl/α,β-unsaturated/α-hetero) is 1. The summed E-state index contributed by atoms with van der Waals surface area (Å²) < 4.78 is 37.0. The lowest BCUT2D eigenvalue weighted by molar-refractivity contribution is 0.0891. The van der Waals surface area contributed by atoms with E-state index >= 15 is 0 Å². The van der Waals surface area contributed by atoms with E-state index in [9.17, 15) is 13.6 Å². The monoisotopic (exact) mass is 242 g/mol. The van der Waals surface area contributed by atoms with Crippen LogP contribution in [0.25, 0.3) is 0 Å². The van der Waals surface area contributed by atoms with Gasteiger partial charge in [0.1, 0.15) is 17.4 Å². The topological polar surface area (TPSA) is 35.5 Å². The molecule has 92 valence electrons. The highest BCUT2D eigenvalue weighted by Gasteiger charge is 2.29. The summed E-state index contributed by atoms with van der Waals surface area (Å²) in [5, 5.41) is 0. The highest BCUT2D eigenvalue weighted by molar-refractivity contribution is 5.98. The van der Waals surface area contributed by atoms with Gasteiger partial charge in [-0.2, -0.15) is 0 Å². The lowest BCUT2D eigenvalue weighted by atomic mass is 9.96. The molecule has 0 saturated carbocycles.